The molecule has 2 aromatic rings. The molecule has 4 rings (SSSR count). The summed E-state index contributed by atoms with van der Waals surface area (Å²) >= 11 is 0. The van der Waals surface area contributed by atoms with Crippen LogP contribution in [0.2, 0.25) is 0 Å². The summed E-state index contributed by atoms with van der Waals surface area (Å²) in [6.07, 6.45) is 0.382. The molecule has 1 fully saturated rings. The van der Waals surface area contributed by atoms with Crippen LogP contribution < -0.4 is 20.9 Å². The number of halogens is 3. The lowest BCUT2D eigenvalue weighted by Gasteiger charge is -2.47. The van der Waals surface area contributed by atoms with Crippen molar-refractivity contribution in [3.8, 4) is 0 Å². The minimum Gasteiger partial charge on any atom is -0.374 e. The Morgan fingerprint density at radius 1 is 0.903 bits per heavy atom. The third-order valence-corrected chi connectivity index (χ3v) is 7.30. The van der Waals surface area contributed by atoms with Gasteiger partial charge in [-0.1, -0.05) is 49.9 Å². The van der Waals surface area contributed by atoms with Crippen LogP contribution in [0.15, 0.2) is 53.4 Å². The standard InChI is InChI=1S/C21H25F3N4O2S/c22-21(23,24)15-9-3-6-12-18(15)31(29,30)28-27-19-20(13-7-1-2-8-14-20)26-17-11-5-4-10-16(17)25-19/h3-6,9-12,19,25-28H,1-2,7-8,13-14H2. The van der Waals surface area contributed by atoms with Gasteiger partial charge >= 0.3 is 6.18 Å². The van der Waals surface area contributed by atoms with E-state index in [4.69, 9.17) is 0 Å². The topological polar surface area (TPSA) is 82.3 Å². The van der Waals surface area contributed by atoms with E-state index >= 15 is 0 Å². The normalized spacial score (nSPS) is 20.9. The maximum atomic E-state index is 13.3. The van der Waals surface area contributed by atoms with Gasteiger partial charge in [0.05, 0.1) is 27.4 Å². The highest BCUT2D eigenvalue weighted by atomic mass is 32.2. The first-order valence-corrected chi connectivity index (χ1v) is 11.8. The minimum absolute atomic E-state index is 0.475. The van der Waals surface area contributed by atoms with E-state index in [0.29, 0.717) is 0 Å². The Morgan fingerprint density at radius 3 is 2.19 bits per heavy atom. The zero-order valence-electron chi connectivity index (χ0n) is 16.8. The van der Waals surface area contributed by atoms with E-state index in [-0.39, 0.29) is 0 Å². The molecule has 31 heavy (non-hydrogen) atoms. The molecule has 0 amide bonds. The lowest BCUT2D eigenvalue weighted by Crippen LogP contribution is -2.65. The molecule has 1 atom stereocenters. The molecule has 1 spiro atoms. The van der Waals surface area contributed by atoms with Gasteiger partial charge in [0.1, 0.15) is 6.17 Å². The lowest BCUT2D eigenvalue weighted by molar-refractivity contribution is -0.139. The van der Waals surface area contributed by atoms with Gasteiger partial charge in [-0.15, -0.1) is 4.83 Å². The molecule has 1 saturated carbocycles. The Bertz CT molecular complexity index is 1030. The number of rotatable bonds is 4. The fourth-order valence-electron chi connectivity index (χ4n) is 4.43. The van der Waals surface area contributed by atoms with Crippen molar-refractivity contribution < 1.29 is 21.6 Å². The van der Waals surface area contributed by atoms with Crippen molar-refractivity contribution in [1.82, 2.24) is 10.3 Å². The van der Waals surface area contributed by atoms with Crippen LogP contribution in [0.25, 0.3) is 0 Å². The highest BCUT2D eigenvalue weighted by Crippen LogP contribution is 2.40. The first-order valence-electron chi connectivity index (χ1n) is 10.3. The number of sulfonamides is 1. The molecule has 2 aliphatic rings. The Morgan fingerprint density at radius 2 is 1.52 bits per heavy atom. The Labute approximate surface area is 179 Å². The van der Waals surface area contributed by atoms with Crippen LogP contribution in [0, 0.1) is 0 Å². The van der Waals surface area contributed by atoms with Crippen LogP contribution in [0.3, 0.4) is 0 Å². The van der Waals surface area contributed by atoms with E-state index in [0.717, 1.165) is 62.0 Å². The molecule has 10 heteroatoms. The summed E-state index contributed by atoms with van der Waals surface area (Å²) in [5, 5.41) is 6.91. The van der Waals surface area contributed by atoms with E-state index in [1.807, 2.05) is 24.3 Å². The second-order valence-corrected chi connectivity index (χ2v) is 9.71. The van der Waals surface area contributed by atoms with Gasteiger partial charge in [-0.2, -0.15) is 13.2 Å². The number of fused-ring (bicyclic) bond motifs is 1. The van der Waals surface area contributed by atoms with E-state index in [1.165, 1.54) is 12.1 Å². The Kier molecular flexibility index (Phi) is 5.89. The third kappa shape index (κ3) is 4.51. The van der Waals surface area contributed by atoms with Gasteiger partial charge in [-0.05, 0) is 37.1 Å². The molecule has 1 heterocycles. The maximum absolute atomic E-state index is 13.3. The summed E-state index contributed by atoms with van der Waals surface area (Å²) in [7, 11) is -4.46. The number of benzene rings is 2. The summed E-state index contributed by atoms with van der Waals surface area (Å²) in [6.45, 7) is 0. The van der Waals surface area contributed by atoms with Gasteiger partial charge in [0, 0.05) is 0 Å². The lowest BCUT2D eigenvalue weighted by atomic mass is 9.84. The first-order chi connectivity index (χ1) is 14.7. The summed E-state index contributed by atoms with van der Waals surface area (Å²) < 4.78 is 65.6. The van der Waals surface area contributed by atoms with E-state index < -0.39 is 38.4 Å². The van der Waals surface area contributed by atoms with Crippen molar-refractivity contribution >= 4 is 21.4 Å². The maximum Gasteiger partial charge on any atom is 0.417 e. The van der Waals surface area contributed by atoms with E-state index in [1.54, 1.807) is 0 Å². The fraction of sp³-hybridized carbons (Fsp3) is 0.429. The molecular formula is C21H25F3N4O2S. The molecule has 0 saturated heterocycles. The average molecular weight is 455 g/mol. The van der Waals surface area contributed by atoms with E-state index in [9.17, 15) is 21.6 Å². The van der Waals surface area contributed by atoms with Crippen molar-refractivity contribution in [2.24, 2.45) is 0 Å². The van der Waals surface area contributed by atoms with Crippen LogP contribution in [-0.2, 0) is 16.2 Å². The predicted molar refractivity (Wildman–Crippen MR) is 113 cm³/mol. The van der Waals surface area contributed by atoms with Gasteiger partial charge in [0.2, 0.25) is 0 Å². The zero-order chi connectivity index (χ0) is 22.1. The average Bonchev–Trinajstić information content (AvgIpc) is 2.98. The number of nitrogens with one attached hydrogen (secondary N) is 4. The van der Waals surface area contributed by atoms with Gasteiger partial charge < -0.3 is 10.6 Å². The molecular weight excluding hydrogens is 429 g/mol. The zero-order valence-corrected chi connectivity index (χ0v) is 17.6. The largest absolute Gasteiger partial charge is 0.417 e. The minimum atomic E-state index is -4.78. The van der Waals surface area contributed by atoms with Crippen LogP contribution >= 0.6 is 0 Å². The van der Waals surface area contributed by atoms with Crippen molar-refractivity contribution in [2.75, 3.05) is 10.6 Å². The van der Waals surface area contributed by atoms with Gasteiger partial charge in [-0.25, -0.2) is 13.8 Å². The van der Waals surface area contributed by atoms with Crippen molar-refractivity contribution in [3.63, 3.8) is 0 Å². The van der Waals surface area contributed by atoms with Gasteiger partial charge in [0.15, 0.2) is 0 Å². The molecule has 0 bridgehead atoms. The molecule has 1 aliphatic carbocycles. The number of hydrogen-bond donors (Lipinski definition) is 4. The molecule has 1 aliphatic heterocycles. The van der Waals surface area contributed by atoms with Crippen LogP contribution in [0.4, 0.5) is 24.5 Å². The highest BCUT2D eigenvalue weighted by molar-refractivity contribution is 7.89. The van der Waals surface area contributed by atoms with E-state index in [2.05, 4.69) is 20.9 Å². The molecule has 0 radical (unpaired) electrons. The fourth-order valence-corrected chi connectivity index (χ4v) is 5.54. The second-order valence-electron chi connectivity index (χ2n) is 8.06. The number of hydrogen-bond acceptors (Lipinski definition) is 5. The van der Waals surface area contributed by atoms with Crippen molar-refractivity contribution in [1.29, 1.82) is 0 Å². The molecule has 1 unspecified atom stereocenters. The smallest absolute Gasteiger partial charge is 0.374 e. The third-order valence-electron chi connectivity index (χ3n) is 5.98. The van der Waals surface area contributed by atoms with Gasteiger partial charge in [-0.3, -0.25) is 0 Å². The quantitative estimate of drug-likeness (QED) is 0.514. The summed E-state index contributed by atoms with van der Waals surface area (Å²) in [6, 6.07) is 11.8. The summed E-state index contributed by atoms with van der Waals surface area (Å²) in [5.74, 6) is 0. The number of alkyl halides is 3. The second kappa shape index (κ2) is 8.33. The highest BCUT2D eigenvalue weighted by Gasteiger charge is 2.43. The van der Waals surface area contributed by atoms with Crippen LogP contribution in [-0.4, -0.2) is 20.1 Å². The molecule has 0 aromatic heterocycles. The molecule has 6 nitrogen and oxygen atoms in total. The van der Waals surface area contributed by atoms with Gasteiger partial charge in [0.25, 0.3) is 10.0 Å². The van der Waals surface area contributed by atoms with Crippen LogP contribution in [0.1, 0.15) is 44.1 Å². The number of anilines is 2. The molecule has 4 N–H and O–H groups in total. The predicted octanol–water partition coefficient (Wildman–Crippen LogP) is 4.45. The number of para-hydroxylation sites is 2. The van der Waals surface area contributed by atoms with Crippen LogP contribution in [0.5, 0.6) is 0 Å². The SMILES string of the molecule is O=S(=O)(NNC1Nc2ccccc2NC12CCCCCC2)c1ccccc1C(F)(F)F. The Balaban J connectivity index is 1.62. The van der Waals surface area contributed by atoms with Crippen molar-refractivity contribution in [3.05, 3.63) is 54.1 Å². The number of hydrazine groups is 1. The molecule has 168 valence electrons. The summed E-state index contributed by atoms with van der Waals surface area (Å²) in [5.41, 5.74) is 2.83. The summed E-state index contributed by atoms with van der Waals surface area (Å²) in [4.78, 5) is 1.39. The van der Waals surface area contributed by atoms with Crippen molar-refractivity contribution in [2.45, 2.75) is 61.3 Å². The molecule has 2 aromatic carbocycles. The monoisotopic (exact) mass is 454 g/mol. The first kappa shape index (κ1) is 21.9. The Hall–Kier alpha value is -2.30.